The van der Waals surface area contributed by atoms with Gasteiger partial charge in [-0.1, -0.05) is 0 Å². The molecule has 1 atom stereocenters. The minimum atomic E-state index is -2.66. The van der Waals surface area contributed by atoms with Gasteiger partial charge in [0.25, 0.3) is 0 Å². The highest BCUT2D eigenvalue weighted by Gasteiger charge is 2.13. The molecule has 0 fully saturated rings. The van der Waals surface area contributed by atoms with Crippen molar-refractivity contribution in [3.8, 4) is 0 Å². The number of thiol groups is 1. The quantitative estimate of drug-likeness (QED) is 0.278. The van der Waals surface area contributed by atoms with Crippen molar-refractivity contribution in [1.82, 2.24) is 4.72 Å². The van der Waals surface area contributed by atoms with Gasteiger partial charge < -0.3 is 15.6 Å². The summed E-state index contributed by atoms with van der Waals surface area (Å²) in [6.07, 6.45) is 0.160. The van der Waals surface area contributed by atoms with Crippen molar-refractivity contribution in [1.29, 1.82) is 0 Å². The molecule has 7 nitrogen and oxygen atoms in total. The molecule has 0 spiro atoms. The van der Waals surface area contributed by atoms with Gasteiger partial charge in [0, 0.05) is 6.54 Å². The lowest BCUT2D eigenvalue weighted by atomic mass is 10.2. The fourth-order valence-electron chi connectivity index (χ4n) is 0.682. The van der Waals surface area contributed by atoms with Crippen molar-refractivity contribution in [3.05, 3.63) is 0 Å². The lowest BCUT2D eigenvalue weighted by Crippen LogP contribution is -2.35. The van der Waals surface area contributed by atoms with Gasteiger partial charge in [-0.05, 0) is 6.42 Å². The van der Waals surface area contributed by atoms with Gasteiger partial charge in [0.15, 0.2) is 0 Å². The zero-order chi connectivity index (χ0) is 11.0. The molecule has 0 aliphatic carbocycles. The van der Waals surface area contributed by atoms with Crippen LogP contribution in [0, 0.1) is 0 Å². The first-order valence-electron chi connectivity index (χ1n) is 3.99. The molecule has 0 amide bonds. The van der Waals surface area contributed by atoms with E-state index in [2.05, 4.69) is 9.46 Å². The molecular formula is C6H14N2O5S. The zero-order valence-corrected chi connectivity index (χ0v) is 8.40. The Morgan fingerprint density at radius 3 is 2.71 bits per heavy atom. The number of hydrogen-bond acceptors (Lipinski definition) is 6. The maximum Gasteiger partial charge on any atom is 0.323 e. The van der Waals surface area contributed by atoms with Crippen molar-refractivity contribution in [3.63, 3.8) is 0 Å². The molecule has 0 rings (SSSR count). The summed E-state index contributed by atoms with van der Waals surface area (Å²) in [5.74, 6) is -0.651. The number of nitrogens with one attached hydrogen (secondary N) is 1. The Balaban J connectivity index is 3.61. The predicted molar refractivity (Wildman–Crippen MR) is 49.0 cm³/mol. The maximum absolute atomic E-state index is 10.9. The molecule has 0 aromatic heterocycles. The van der Waals surface area contributed by atoms with Crippen LogP contribution in [0.5, 0.6) is 0 Å². The Kier molecular flexibility index (Phi) is 7.30. The topological polar surface area (TPSA) is 119 Å². The Bertz CT molecular complexity index is 234. The molecule has 84 valence electrons. The van der Waals surface area contributed by atoms with Gasteiger partial charge in [0.05, 0.1) is 6.61 Å². The standard InChI is InChI=1S/C6H14N2O5S/c7-5(1-2-8-14(11)12)6(10)13-4-3-9/h5,9,14H,1-4,7H2,(H,8,11,12). The minimum Gasteiger partial charge on any atom is -0.462 e. The van der Waals surface area contributed by atoms with E-state index in [1.54, 1.807) is 0 Å². The highest BCUT2D eigenvalue weighted by atomic mass is 32.2. The van der Waals surface area contributed by atoms with Crippen LogP contribution >= 0.6 is 0 Å². The number of hydrogen-bond donors (Lipinski definition) is 4. The van der Waals surface area contributed by atoms with E-state index in [0.29, 0.717) is 0 Å². The number of esters is 1. The van der Waals surface area contributed by atoms with E-state index in [9.17, 15) is 13.2 Å². The van der Waals surface area contributed by atoms with Crippen molar-refractivity contribution in [2.45, 2.75) is 12.5 Å². The monoisotopic (exact) mass is 226 g/mol. The smallest absolute Gasteiger partial charge is 0.323 e. The third-order valence-corrected chi connectivity index (χ3v) is 1.82. The molecule has 0 saturated carbocycles. The molecule has 1 unspecified atom stereocenters. The molecular weight excluding hydrogens is 212 g/mol. The summed E-state index contributed by atoms with van der Waals surface area (Å²) in [5, 5.41) is 8.34. The Labute approximate surface area is 83.3 Å². The number of carbonyl (C=O) groups is 1. The van der Waals surface area contributed by atoms with Crippen molar-refractivity contribution >= 4 is 16.9 Å². The first kappa shape index (κ1) is 13.3. The number of ether oxygens (including phenoxy) is 1. The highest BCUT2D eigenvalue weighted by Crippen LogP contribution is 1.90. The second kappa shape index (κ2) is 7.68. The summed E-state index contributed by atoms with van der Waals surface area (Å²) >= 11 is 0. The van der Waals surface area contributed by atoms with Crippen molar-refractivity contribution in [2.24, 2.45) is 5.73 Å². The third kappa shape index (κ3) is 6.78. The molecule has 0 aromatic carbocycles. The van der Waals surface area contributed by atoms with Crippen molar-refractivity contribution < 1.29 is 23.1 Å². The largest absolute Gasteiger partial charge is 0.462 e. The van der Waals surface area contributed by atoms with Gasteiger partial charge in [-0.3, -0.25) is 4.79 Å². The molecule has 0 heterocycles. The Hall–Kier alpha value is -0.700. The van der Waals surface area contributed by atoms with E-state index in [0.717, 1.165) is 0 Å². The summed E-state index contributed by atoms with van der Waals surface area (Å²) in [6.45, 7) is -0.271. The van der Waals surface area contributed by atoms with Gasteiger partial charge in [-0.25, -0.2) is 13.1 Å². The molecule has 0 aromatic rings. The van der Waals surface area contributed by atoms with Crippen LogP contribution in [-0.4, -0.2) is 45.3 Å². The highest BCUT2D eigenvalue weighted by molar-refractivity contribution is 7.70. The molecule has 0 saturated heterocycles. The molecule has 0 bridgehead atoms. The SMILES string of the molecule is NC(CCN[SH](=O)=O)C(=O)OCCO. The van der Waals surface area contributed by atoms with E-state index in [1.807, 2.05) is 0 Å². The second-order valence-corrected chi connectivity index (χ2v) is 3.28. The Morgan fingerprint density at radius 2 is 2.21 bits per heavy atom. The molecule has 0 radical (unpaired) electrons. The van der Waals surface area contributed by atoms with E-state index < -0.39 is 22.9 Å². The van der Waals surface area contributed by atoms with Crippen LogP contribution in [0.25, 0.3) is 0 Å². The average Bonchev–Trinajstić information content (AvgIpc) is 2.13. The van der Waals surface area contributed by atoms with Gasteiger partial charge in [-0.15, -0.1) is 0 Å². The zero-order valence-electron chi connectivity index (χ0n) is 7.51. The lowest BCUT2D eigenvalue weighted by molar-refractivity contribution is -0.146. The summed E-state index contributed by atoms with van der Waals surface area (Å²) in [4.78, 5) is 10.9. The van der Waals surface area contributed by atoms with Gasteiger partial charge >= 0.3 is 5.97 Å². The summed E-state index contributed by atoms with van der Waals surface area (Å²) < 4.78 is 26.7. The number of nitrogens with two attached hydrogens (primary N) is 1. The number of rotatable bonds is 7. The molecule has 0 aliphatic heterocycles. The lowest BCUT2D eigenvalue weighted by Gasteiger charge is -2.09. The van der Waals surface area contributed by atoms with E-state index in [-0.39, 0.29) is 26.2 Å². The molecule has 0 aliphatic rings. The molecule has 14 heavy (non-hydrogen) atoms. The van der Waals surface area contributed by atoms with Crippen LogP contribution in [0.4, 0.5) is 0 Å². The van der Waals surface area contributed by atoms with Crippen LogP contribution in [0.15, 0.2) is 0 Å². The number of aliphatic hydroxyl groups excluding tert-OH is 1. The first-order valence-corrected chi connectivity index (χ1v) is 5.16. The summed E-state index contributed by atoms with van der Waals surface area (Å²) in [6, 6.07) is -0.871. The van der Waals surface area contributed by atoms with Crippen LogP contribution < -0.4 is 10.5 Å². The van der Waals surface area contributed by atoms with Crippen LogP contribution in [0.3, 0.4) is 0 Å². The van der Waals surface area contributed by atoms with Crippen molar-refractivity contribution in [2.75, 3.05) is 19.8 Å². The number of carbonyl (C=O) groups excluding carboxylic acids is 1. The molecule has 4 N–H and O–H groups in total. The Morgan fingerprint density at radius 1 is 1.57 bits per heavy atom. The van der Waals surface area contributed by atoms with E-state index in [4.69, 9.17) is 10.8 Å². The van der Waals surface area contributed by atoms with E-state index >= 15 is 0 Å². The van der Waals surface area contributed by atoms with Crippen LogP contribution in [0.1, 0.15) is 6.42 Å². The number of aliphatic hydroxyl groups is 1. The first-order chi connectivity index (χ1) is 6.57. The van der Waals surface area contributed by atoms with Gasteiger partial charge in [-0.2, -0.15) is 0 Å². The fourth-order valence-corrected chi connectivity index (χ4v) is 0.994. The average molecular weight is 226 g/mol. The maximum atomic E-state index is 10.9. The predicted octanol–water partition coefficient (Wildman–Crippen LogP) is -2.64. The second-order valence-electron chi connectivity index (χ2n) is 2.45. The normalized spacial score (nSPS) is 12.8. The fraction of sp³-hybridized carbons (Fsp3) is 0.833. The summed E-state index contributed by atoms with van der Waals surface area (Å²) in [5.41, 5.74) is 5.35. The van der Waals surface area contributed by atoms with Gasteiger partial charge in [0.2, 0.25) is 10.9 Å². The third-order valence-electron chi connectivity index (χ3n) is 1.33. The van der Waals surface area contributed by atoms with Crippen LogP contribution in [0.2, 0.25) is 0 Å². The minimum absolute atomic E-state index is 0.0914. The summed E-state index contributed by atoms with van der Waals surface area (Å²) in [7, 11) is -2.66. The van der Waals surface area contributed by atoms with Gasteiger partial charge in [0.1, 0.15) is 12.6 Å². The van der Waals surface area contributed by atoms with E-state index in [1.165, 1.54) is 0 Å². The molecule has 8 heteroatoms. The van der Waals surface area contributed by atoms with Crippen LogP contribution in [-0.2, 0) is 20.4 Å².